The standard InChI is InChI=1S/C14H21NO4/c1-4-17-14(16)12-11(9(2)3)15-13(19-12)10-7-5-6-8-18-10/h9-10H,4-8H2,1-3H3. The molecule has 0 aliphatic carbocycles. The molecule has 1 aliphatic rings. The Kier molecular flexibility index (Phi) is 4.58. The minimum Gasteiger partial charge on any atom is -0.460 e. The highest BCUT2D eigenvalue weighted by atomic mass is 16.5. The van der Waals surface area contributed by atoms with Gasteiger partial charge in [-0.2, -0.15) is 0 Å². The number of oxazole rings is 1. The van der Waals surface area contributed by atoms with Gasteiger partial charge in [-0.3, -0.25) is 0 Å². The Morgan fingerprint density at radius 3 is 2.84 bits per heavy atom. The van der Waals surface area contributed by atoms with Crippen LogP contribution in [0.25, 0.3) is 0 Å². The molecule has 0 N–H and O–H groups in total. The summed E-state index contributed by atoms with van der Waals surface area (Å²) in [7, 11) is 0. The number of esters is 1. The van der Waals surface area contributed by atoms with Gasteiger partial charge in [-0.1, -0.05) is 13.8 Å². The molecular weight excluding hydrogens is 246 g/mol. The Morgan fingerprint density at radius 2 is 2.26 bits per heavy atom. The lowest BCUT2D eigenvalue weighted by Crippen LogP contribution is -2.11. The Morgan fingerprint density at radius 1 is 1.47 bits per heavy atom. The normalized spacial score (nSPS) is 19.7. The predicted molar refractivity (Wildman–Crippen MR) is 69.1 cm³/mol. The highest BCUT2D eigenvalue weighted by molar-refractivity contribution is 5.87. The van der Waals surface area contributed by atoms with Crippen LogP contribution in [0.5, 0.6) is 0 Å². The maximum atomic E-state index is 11.9. The van der Waals surface area contributed by atoms with E-state index >= 15 is 0 Å². The van der Waals surface area contributed by atoms with Crippen LogP contribution in [-0.2, 0) is 9.47 Å². The van der Waals surface area contributed by atoms with Crippen molar-refractivity contribution in [3.63, 3.8) is 0 Å². The van der Waals surface area contributed by atoms with Crippen LogP contribution in [0.4, 0.5) is 0 Å². The minimum atomic E-state index is -0.444. The number of hydrogen-bond donors (Lipinski definition) is 0. The van der Waals surface area contributed by atoms with E-state index in [1.165, 1.54) is 0 Å². The molecule has 19 heavy (non-hydrogen) atoms. The van der Waals surface area contributed by atoms with E-state index in [0.29, 0.717) is 18.2 Å². The molecule has 1 saturated heterocycles. The second kappa shape index (κ2) is 6.19. The van der Waals surface area contributed by atoms with E-state index in [9.17, 15) is 4.79 Å². The van der Waals surface area contributed by atoms with Crippen molar-refractivity contribution in [1.29, 1.82) is 0 Å². The summed E-state index contributed by atoms with van der Waals surface area (Å²) in [6.07, 6.45) is 2.92. The molecule has 1 aromatic rings. The second-order valence-electron chi connectivity index (χ2n) is 5.00. The van der Waals surface area contributed by atoms with Gasteiger partial charge < -0.3 is 13.9 Å². The van der Waals surface area contributed by atoms with Gasteiger partial charge in [-0.05, 0) is 32.1 Å². The molecule has 0 saturated carbocycles. The summed E-state index contributed by atoms with van der Waals surface area (Å²) in [5.74, 6) is 0.397. The monoisotopic (exact) mass is 267 g/mol. The zero-order valence-electron chi connectivity index (χ0n) is 11.8. The summed E-state index contributed by atoms with van der Waals surface area (Å²) >= 11 is 0. The second-order valence-corrected chi connectivity index (χ2v) is 5.00. The fraction of sp³-hybridized carbons (Fsp3) is 0.714. The van der Waals surface area contributed by atoms with E-state index < -0.39 is 5.97 Å². The Balaban J connectivity index is 2.26. The Bertz CT molecular complexity index is 433. The summed E-state index contributed by atoms with van der Waals surface area (Å²) < 4.78 is 16.3. The molecule has 0 spiro atoms. The molecule has 0 radical (unpaired) electrons. The molecule has 0 bridgehead atoms. The fourth-order valence-electron chi connectivity index (χ4n) is 2.16. The highest BCUT2D eigenvalue weighted by Gasteiger charge is 2.28. The molecule has 0 amide bonds. The molecule has 1 unspecified atom stereocenters. The summed E-state index contributed by atoms with van der Waals surface area (Å²) in [5.41, 5.74) is 0.655. The van der Waals surface area contributed by atoms with Gasteiger partial charge in [0.05, 0.1) is 12.3 Å². The van der Waals surface area contributed by atoms with Crippen molar-refractivity contribution in [2.75, 3.05) is 13.2 Å². The topological polar surface area (TPSA) is 61.6 Å². The van der Waals surface area contributed by atoms with E-state index in [1.54, 1.807) is 6.92 Å². The van der Waals surface area contributed by atoms with Crippen molar-refractivity contribution in [3.05, 3.63) is 17.3 Å². The first kappa shape index (κ1) is 14.1. The molecule has 106 valence electrons. The average molecular weight is 267 g/mol. The van der Waals surface area contributed by atoms with E-state index in [4.69, 9.17) is 13.9 Å². The number of carbonyl (C=O) groups excluding carboxylic acids is 1. The number of nitrogens with zero attached hydrogens (tertiary/aromatic N) is 1. The van der Waals surface area contributed by atoms with Crippen LogP contribution in [-0.4, -0.2) is 24.2 Å². The SMILES string of the molecule is CCOC(=O)c1oc(C2CCCCO2)nc1C(C)C. The number of hydrogen-bond acceptors (Lipinski definition) is 5. The van der Waals surface area contributed by atoms with Crippen LogP contribution in [0.1, 0.15) is 74.2 Å². The fourth-order valence-corrected chi connectivity index (χ4v) is 2.16. The molecule has 1 aromatic heterocycles. The molecule has 1 aliphatic heterocycles. The molecule has 5 nitrogen and oxygen atoms in total. The molecule has 5 heteroatoms. The van der Waals surface area contributed by atoms with E-state index in [1.807, 2.05) is 13.8 Å². The number of carbonyl (C=O) groups is 1. The van der Waals surface area contributed by atoms with E-state index in [2.05, 4.69) is 4.98 Å². The van der Waals surface area contributed by atoms with Crippen molar-refractivity contribution in [2.45, 2.75) is 52.1 Å². The summed E-state index contributed by atoms with van der Waals surface area (Å²) in [6.45, 7) is 6.78. The van der Waals surface area contributed by atoms with Crippen LogP contribution < -0.4 is 0 Å². The minimum absolute atomic E-state index is 0.112. The van der Waals surface area contributed by atoms with Gasteiger partial charge in [0, 0.05) is 6.61 Å². The van der Waals surface area contributed by atoms with Crippen LogP contribution in [0.2, 0.25) is 0 Å². The van der Waals surface area contributed by atoms with Crippen LogP contribution in [0.15, 0.2) is 4.42 Å². The van der Waals surface area contributed by atoms with Gasteiger partial charge >= 0.3 is 5.97 Å². The molecule has 1 fully saturated rings. The van der Waals surface area contributed by atoms with Gasteiger partial charge in [0.1, 0.15) is 6.10 Å². The van der Waals surface area contributed by atoms with Crippen LogP contribution >= 0.6 is 0 Å². The highest BCUT2D eigenvalue weighted by Crippen LogP contribution is 2.31. The maximum Gasteiger partial charge on any atom is 0.376 e. The first-order valence-corrected chi connectivity index (χ1v) is 6.92. The van der Waals surface area contributed by atoms with Crippen LogP contribution in [0.3, 0.4) is 0 Å². The lowest BCUT2D eigenvalue weighted by molar-refractivity contribution is -0.00262. The molecule has 1 atom stereocenters. The summed E-state index contributed by atoms with van der Waals surface area (Å²) in [5, 5.41) is 0. The molecule has 2 rings (SSSR count). The van der Waals surface area contributed by atoms with Gasteiger partial charge in [-0.25, -0.2) is 9.78 Å². The maximum absolute atomic E-state index is 11.9. The first-order valence-electron chi connectivity index (χ1n) is 6.92. The number of ether oxygens (including phenoxy) is 2. The third-order valence-electron chi connectivity index (χ3n) is 3.13. The lowest BCUT2D eigenvalue weighted by Gasteiger charge is -2.19. The predicted octanol–water partition coefficient (Wildman–Crippen LogP) is 3.22. The zero-order valence-corrected chi connectivity index (χ0v) is 11.8. The number of rotatable bonds is 4. The quantitative estimate of drug-likeness (QED) is 0.784. The van der Waals surface area contributed by atoms with Crippen LogP contribution in [0, 0.1) is 0 Å². The molecule has 0 aromatic carbocycles. The van der Waals surface area contributed by atoms with Crippen molar-refractivity contribution >= 4 is 5.97 Å². The van der Waals surface area contributed by atoms with E-state index in [-0.39, 0.29) is 17.8 Å². The van der Waals surface area contributed by atoms with Crippen molar-refractivity contribution in [3.8, 4) is 0 Å². The smallest absolute Gasteiger partial charge is 0.376 e. The van der Waals surface area contributed by atoms with Crippen molar-refractivity contribution in [2.24, 2.45) is 0 Å². The van der Waals surface area contributed by atoms with Crippen molar-refractivity contribution < 1.29 is 18.7 Å². The lowest BCUT2D eigenvalue weighted by atomic mass is 10.1. The average Bonchev–Trinajstić information content (AvgIpc) is 2.85. The first-order chi connectivity index (χ1) is 9.13. The van der Waals surface area contributed by atoms with E-state index in [0.717, 1.165) is 25.9 Å². The largest absolute Gasteiger partial charge is 0.460 e. The zero-order chi connectivity index (χ0) is 13.8. The molecular formula is C14H21NO4. The van der Waals surface area contributed by atoms with Gasteiger partial charge in [-0.15, -0.1) is 0 Å². The molecule has 2 heterocycles. The Hall–Kier alpha value is -1.36. The summed E-state index contributed by atoms with van der Waals surface area (Å²) in [6, 6.07) is 0. The van der Waals surface area contributed by atoms with Gasteiger partial charge in [0.2, 0.25) is 11.7 Å². The Labute approximate surface area is 113 Å². The van der Waals surface area contributed by atoms with Crippen molar-refractivity contribution in [1.82, 2.24) is 4.98 Å². The summed E-state index contributed by atoms with van der Waals surface area (Å²) in [4.78, 5) is 16.3. The third kappa shape index (κ3) is 3.15. The number of aromatic nitrogens is 1. The van der Waals surface area contributed by atoms with Gasteiger partial charge in [0.25, 0.3) is 0 Å². The van der Waals surface area contributed by atoms with Gasteiger partial charge in [0.15, 0.2) is 0 Å². The third-order valence-corrected chi connectivity index (χ3v) is 3.13.